The molecule has 11 nitrogen and oxygen atoms in total. The molecule has 0 saturated carbocycles. The second-order valence-corrected chi connectivity index (χ2v) is 14.0. The maximum absolute atomic E-state index is 14.9. The number of rotatable bonds is 18. The van der Waals surface area contributed by atoms with Crippen molar-refractivity contribution in [1.82, 2.24) is 10.2 Å². The highest BCUT2D eigenvalue weighted by Gasteiger charge is 2.75. The number of anilines is 1. The number of ether oxygens (including phenoxy) is 3. The number of aliphatic hydroxyl groups excluding tert-OH is 1. The number of carbonyl (C=O) groups is 4. The van der Waals surface area contributed by atoms with Crippen molar-refractivity contribution < 1.29 is 38.5 Å². The van der Waals surface area contributed by atoms with Gasteiger partial charge in [0.05, 0.1) is 30.6 Å². The fourth-order valence-corrected chi connectivity index (χ4v) is 8.40. The molecule has 3 aromatic carbocycles. The standard InChI is InChI=1S/C42H49N3O8/c1-4-6-18-34(47)43-32(27-51-3)37(29-15-8-7-9-16-29)52-41(50)35-33-21-22-42(53-33)36(35)39(48)45(24-12-13-25-46)38(42)40(49)44(23-5-2)31-20-19-28-14-10-11-17-30(28)26-31/h4-5,7-11,14-17,19-20,26,32-33,35-38,46H,1-2,6,12-13,18,21-25,27H2,3H3,(H,43,47)/t32-,33-,35+,36+,37-,38-,42+/m0/s1. The van der Waals surface area contributed by atoms with Gasteiger partial charge in [0.15, 0.2) is 0 Å². The zero-order valence-electron chi connectivity index (χ0n) is 30.2. The van der Waals surface area contributed by atoms with E-state index in [9.17, 15) is 24.3 Å². The number of benzene rings is 3. The molecule has 3 fully saturated rings. The Morgan fingerprint density at radius 3 is 2.53 bits per heavy atom. The van der Waals surface area contributed by atoms with Gasteiger partial charge in [-0.15, -0.1) is 13.2 Å². The van der Waals surface area contributed by atoms with E-state index in [1.807, 2.05) is 72.8 Å². The molecule has 3 aromatic rings. The topological polar surface area (TPSA) is 135 Å². The van der Waals surface area contributed by atoms with Crippen LogP contribution in [0, 0.1) is 11.8 Å². The lowest BCUT2D eigenvalue weighted by Crippen LogP contribution is -2.56. The smallest absolute Gasteiger partial charge is 0.313 e. The number of amides is 3. The van der Waals surface area contributed by atoms with Crippen molar-refractivity contribution in [3.8, 4) is 0 Å². The number of nitrogens with zero attached hydrogens (tertiary/aromatic N) is 2. The van der Waals surface area contributed by atoms with E-state index in [-0.39, 0.29) is 50.4 Å². The molecule has 3 amide bonds. The third kappa shape index (κ3) is 7.51. The van der Waals surface area contributed by atoms with Gasteiger partial charge in [-0.2, -0.15) is 0 Å². The quantitative estimate of drug-likeness (QED) is 0.108. The Morgan fingerprint density at radius 2 is 1.81 bits per heavy atom. The number of aliphatic hydroxyl groups is 1. The van der Waals surface area contributed by atoms with Crippen LogP contribution < -0.4 is 10.2 Å². The number of fused-ring (bicyclic) bond motifs is 2. The van der Waals surface area contributed by atoms with Gasteiger partial charge in [-0.25, -0.2) is 0 Å². The maximum atomic E-state index is 14.9. The summed E-state index contributed by atoms with van der Waals surface area (Å²) in [5.74, 6) is -3.48. The molecule has 0 radical (unpaired) electrons. The monoisotopic (exact) mass is 723 g/mol. The predicted molar refractivity (Wildman–Crippen MR) is 201 cm³/mol. The molecule has 2 bridgehead atoms. The summed E-state index contributed by atoms with van der Waals surface area (Å²) in [7, 11) is 1.51. The van der Waals surface area contributed by atoms with E-state index in [1.54, 1.807) is 22.0 Å². The molecule has 0 aromatic heterocycles. The van der Waals surface area contributed by atoms with Gasteiger partial charge in [-0.3, -0.25) is 19.2 Å². The van der Waals surface area contributed by atoms with Gasteiger partial charge in [0.1, 0.15) is 17.7 Å². The molecule has 2 N–H and O–H groups in total. The van der Waals surface area contributed by atoms with E-state index in [2.05, 4.69) is 18.5 Å². The summed E-state index contributed by atoms with van der Waals surface area (Å²) in [6.07, 6.45) is 4.21. The number of unbranched alkanes of at least 4 members (excludes halogenated alkanes) is 1. The van der Waals surface area contributed by atoms with Crippen LogP contribution in [0.25, 0.3) is 10.8 Å². The Bertz CT molecular complexity index is 1820. The Labute approximate surface area is 310 Å². The molecule has 11 heteroatoms. The molecule has 3 heterocycles. The number of allylic oxidation sites excluding steroid dienone is 1. The van der Waals surface area contributed by atoms with E-state index in [4.69, 9.17) is 14.2 Å². The van der Waals surface area contributed by atoms with Gasteiger partial charge < -0.3 is 34.4 Å². The number of hydrogen-bond donors (Lipinski definition) is 2. The molecule has 3 saturated heterocycles. The van der Waals surface area contributed by atoms with Crippen LogP contribution in [0.3, 0.4) is 0 Å². The van der Waals surface area contributed by atoms with Crippen LogP contribution in [0.1, 0.15) is 50.2 Å². The highest BCUT2D eigenvalue weighted by molar-refractivity contribution is 6.05. The first-order chi connectivity index (χ1) is 25.8. The Balaban J connectivity index is 1.34. The summed E-state index contributed by atoms with van der Waals surface area (Å²) in [5, 5.41) is 14.6. The Hall–Kier alpha value is -4.84. The Kier molecular flexibility index (Phi) is 12.1. The van der Waals surface area contributed by atoms with E-state index in [1.165, 1.54) is 7.11 Å². The third-order valence-corrected chi connectivity index (χ3v) is 10.7. The largest absolute Gasteiger partial charge is 0.455 e. The minimum atomic E-state index is -1.26. The number of methoxy groups -OCH3 is 1. The minimum Gasteiger partial charge on any atom is -0.455 e. The van der Waals surface area contributed by atoms with Crippen LogP contribution in [0.2, 0.25) is 0 Å². The van der Waals surface area contributed by atoms with Crippen molar-refractivity contribution in [3.63, 3.8) is 0 Å². The molecule has 3 aliphatic heterocycles. The third-order valence-electron chi connectivity index (χ3n) is 10.7. The molecule has 3 aliphatic rings. The number of hydrogen-bond acceptors (Lipinski definition) is 8. The molecule has 7 atom stereocenters. The predicted octanol–water partition coefficient (Wildman–Crippen LogP) is 4.89. The molecule has 280 valence electrons. The first kappa shape index (κ1) is 37.9. The molecule has 6 rings (SSSR count). The van der Waals surface area contributed by atoms with E-state index >= 15 is 0 Å². The lowest BCUT2D eigenvalue weighted by molar-refractivity contribution is -0.163. The van der Waals surface area contributed by atoms with E-state index in [0.717, 1.165) is 10.8 Å². The van der Waals surface area contributed by atoms with Crippen molar-refractivity contribution in [2.24, 2.45) is 11.8 Å². The summed E-state index contributed by atoms with van der Waals surface area (Å²) in [4.78, 5) is 60.2. The normalized spacial score (nSPS) is 24.0. The fraction of sp³-hybridized carbons (Fsp3) is 0.429. The molecule has 1 spiro atoms. The molecule has 53 heavy (non-hydrogen) atoms. The second kappa shape index (κ2) is 16.9. The van der Waals surface area contributed by atoms with Gasteiger partial charge in [0.2, 0.25) is 11.8 Å². The van der Waals surface area contributed by atoms with E-state index < -0.39 is 47.7 Å². The van der Waals surface area contributed by atoms with Crippen LogP contribution in [0.15, 0.2) is 98.1 Å². The average molecular weight is 724 g/mol. The molecular formula is C42H49N3O8. The zero-order valence-corrected chi connectivity index (χ0v) is 30.2. The zero-order chi connectivity index (χ0) is 37.5. The second-order valence-electron chi connectivity index (χ2n) is 14.0. The maximum Gasteiger partial charge on any atom is 0.313 e. The minimum absolute atomic E-state index is 0.0595. The average Bonchev–Trinajstić information content (AvgIpc) is 3.82. The summed E-state index contributed by atoms with van der Waals surface area (Å²) < 4.78 is 18.5. The molecule has 0 unspecified atom stereocenters. The van der Waals surface area contributed by atoms with Crippen molar-refractivity contribution >= 4 is 40.2 Å². The van der Waals surface area contributed by atoms with Crippen molar-refractivity contribution in [2.75, 3.05) is 38.3 Å². The number of nitrogens with one attached hydrogen (secondary N) is 1. The summed E-state index contributed by atoms with van der Waals surface area (Å²) in [6.45, 7) is 8.02. The lowest BCUT2D eigenvalue weighted by Gasteiger charge is -2.37. The van der Waals surface area contributed by atoms with Crippen LogP contribution >= 0.6 is 0 Å². The van der Waals surface area contributed by atoms with Crippen LogP contribution in [0.5, 0.6) is 0 Å². The first-order valence-electron chi connectivity index (χ1n) is 18.4. The SMILES string of the molecule is C=CCCC(=O)N[C@@H](COC)[C@@H](OC(=O)[C@@H]1[C@@H]2CC[C@]3(O2)[C@H](C(=O)N(CC=C)c2ccc4ccccc4c2)N(CCCCO)C(=O)[C@@H]13)c1ccccc1. The van der Waals surface area contributed by atoms with Gasteiger partial charge in [0, 0.05) is 38.9 Å². The van der Waals surface area contributed by atoms with Crippen LogP contribution in [-0.2, 0) is 33.4 Å². The number of carbonyl (C=O) groups excluding carboxylic acids is 4. The highest BCUT2D eigenvalue weighted by atomic mass is 16.6. The highest BCUT2D eigenvalue weighted by Crippen LogP contribution is 2.59. The van der Waals surface area contributed by atoms with Gasteiger partial charge >= 0.3 is 5.97 Å². The number of likely N-dealkylation sites (tertiary alicyclic amines) is 1. The molecule has 0 aliphatic carbocycles. The van der Waals surface area contributed by atoms with Crippen LogP contribution in [0.4, 0.5) is 5.69 Å². The summed E-state index contributed by atoms with van der Waals surface area (Å²) >= 11 is 0. The van der Waals surface area contributed by atoms with Crippen molar-refractivity contribution in [2.45, 2.75) is 68.4 Å². The summed E-state index contributed by atoms with van der Waals surface area (Å²) in [5.41, 5.74) is 0.0489. The first-order valence-corrected chi connectivity index (χ1v) is 18.4. The van der Waals surface area contributed by atoms with Gasteiger partial charge in [-0.1, -0.05) is 72.8 Å². The van der Waals surface area contributed by atoms with E-state index in [0.29, 0.717) is 43.4 Å². The van der Waals surface area contributed by atoms with Crippen molar-refractivity contribution in [1.29, 1.82) is 0 Å². The summed E-state index contributed by atoms with van der Waals surface area (Å²) in [6, 6.07) is 21.0. The number of esters is 1. The lowest BCUT2D eigenvalue weighted by atomic mass is 9.70. The van der Waals surface area contributed by atoms with Gasteiger partial charge in [0.25, 0.3) is 5.91 Å². The fourth-order valence-electron chi connectivity index (χ4n) is 8.40. The van der Waals surface area contributed by atoms with Gasteiger partial charge in [-0.05, 0) is 60.6 Å². The molecular weight excluding hydrogens is 674 g/mol. The Morgan fingerprint density at radius 1 is 1.06 bits per heavy atom. The van der Waals surface area contributed by atoms with Crippen LogP contribution in [-0.4, -0.2) is 90.9 Å². The van der Waals surface area contributed by atoms with Crippen molar-refractivity contribution in [3.05, 3.63) is 104 Å².